The summed E-state index contributed by atoms with van der Waals surface area (Å²) in [6.07, 6.45) is 0.818. The highest BCUT2D eigenvalue weighted by Crippen LogP contribution is 2.22. The van der Waals surface area contributed by atoms with Gasteiger partial charge >= 0.3 is 6.03 Å². The van der Waals surface area contributed by atoms with E-state index in [0.717, 1.165) is 0 Å². The van der Waals surface area contributed by atoms with Gasteiger partial charge < -0.3 is 15.7 Å². The Bertz CT molecular complexity index is 393. The van der Waals surface area contributed by atoms with Gasteiger partial charge in [-0.1, -0.05) is 30.1 Å². The first-order valence-corrected chi connectivity index (χ1v) is 6.46. The number of benzene rings is 1. The van der Waals surface area contributed by atoms with Gasteiger partial charge in [0.1, 0.15) is 0 Å². The van der Waals surface area contributed by atoms with Gasteiger partial charge in [0.25, 0.3) is 0 Å². The lowest BCUT2D eigenvalue weighted by Gasteiger charge is -2.10. The van der Waals surface area contributed by atoms with Crippen LogP contribution in [0.1, 0.15) is 19.8 Å². The Labute approximate surface area is 116 Å². The van der Waals surface area contributed by atoms with Gasteiger partial charge in [-0.15, -0.1) is 0 Å². The minimum atomic E-state index is -0.383. The molecule has 1 aromatic carbocycles. The molecule has 3 N–H and O–H groups in total. The van der Waals surface area contributed by atoms with Gasteiger partial charge in [0.15, 0.2) is 0 Å². The third kappa shape index (κ3) is 5.58. The van der Waals surface area contributed by atoms with Crippen LogP contribution in [0, 0.1) is 0 Å². The number of rotatable bonds is 5. The fraction of sp³-hybridized carbons (Fsp3) is 0.417. The average Bonchev–Trinajstić information content (AvgIpc) is 2.27. The number of hydrogen-bond donors (Lipinski definition) is 3. The fourth-order valence-electron chi connectivity index (χ4n) is 1.36. The molecule has 0 aliphatic heterocycles. The minimum Gasteiger partial charge on any atom is -0.393 e. The average molecular weight is 291 g/mol. The lowest BCUT2D eigenvalue weighted by Crippen LogP contribution is -2.31. The Balaban J connectivity index is 2.40. The molecule has 0 saturated carbocycles. The number of aliphatic hydroxyl groups excluding tert-OH is 1. The van der Waals surface area contributed by atoms with E-state index in [9.17, 15) is 9.90 Å². The Morgan fingerprint density at radius 2 is 1.94 bits per heavy atom. The predicted octanol–water partition coefficient (Wildman–Crippen LogP) is 3.28. The van der Waals surface area contributed by atoms with Gasteiger partial charge in [-0.2, -0.15) is 0 Å². The fourth-order valence-corrected chi connectivity index (χ4v) is 1.88. The maximum absolute atomic E-state index is 11.5. The van der Waals surface area contributed by atoms with Gasteiger partial charge in [0, 0.05) is 22.3 Å². The summed E-state index contributed by atoms with van der Waals surface area (Å²) >= 11 is 11.6. The lowest BCUT2D eigenvalue weighted by molar-refractivity contribution is 0.160. The molecule has 0 aromatic heterocycles. The van der Waals surface area contributed by atoms with Crippen molar-refractivity contribution in [3.8, 4) is 0 Å². The number of amides is 2. The predicted molar refractivity (Wildman–Crippen MR) is 74.4 cm³/mol. The van der Waals surface area contributed by atoms with Gasteiger partial charge in [-0.25, -0.2) is 4.79 Å². The van der Waals surface area contributed by atoms with E-state index in [1.807, 2.05) is 6.92 Å². The van der Waals surface area contributed by atoms with E-state index < -0.39 is 0 Å². The molecule has 1 unspecified atom stereocenters. The van der Waals surface area contributed by atoms with E-state index in [-0.39, 0.29) is 12.1 Å². The van der Waals surface area contributed by atoms with Crippen molar-refractivity contribution < 1.29 is 9.90 Å². The molecule has 0 fully saturated rings. The smallest absolute Gasteiger partial charge is 0.319 e. The summed E-state index contributed by atoms with van der Waals surface area (Å²) in [6, 6.07) is 4.45. The van der Waals surface area contributed by atoms with E-state index >= 15 is 0 Å². The molecule has 1 atom stereocenters. The van der Waals surface area contributed by atoms with Crippen molar-refractivity contribution in [3.63, 3.8) is 0 Å². The number of hydrogen-bond acceptors (Lipinski definition) is 2. The molecule has 1 aromatic rings. The van der Waals surface area contributed by atoms with Crippen molar-refractivity contribution >= 4 is 34.9 Å². The quantitative estimate of drug-likeness (QED) is 0.779. The Morgan fingerprint density at radius 3 is 2.50 bits per heavy atom. The van der Waals surface area contributed by atoms with Crippen LogP contribution in [0.25, 0.3) is 0 Å². The topological polar surface area (TPSA) is 61.4 Å². The largest absolute Gasteiger partial charge is 0.393 e. The zero-order valence-corrected chi connectivity index (χ0v) is 11.6. The summed E-state index contributed by atoms with van der Waals surface area (Å²) in [6.45, 7) is 2.30. The third-order valence-corrected chi connectivity index (χ3v) is 2.79. The van der Waals surface area contributed by atoms with Gasteiger partial charge in [0.05, 0.1) is 6.10 Å². The second-order valence-electron chi connectivity index (χ2n) is 3.89. The normalized spacial score (nSPS) is 12.0. The van der Waals surface area contributed by atoms with Crippen LogP contribution < -0.4 is 10.6 Å². The molecule has 0 aliphatic carbocycles. The van der Waals surface area contributed by atoms with Crippen LogP contribution in [-0.2, 0) is 0 Å². The molecule has 0 saturated heterocycles. The van der Waals surface area contributed by atoms with E-state index in [1.165, 1.54) is 0 Å². The SMILES string of the molecule is CCC(O)CCNC(=O)Nc1cc(Cl)cc(Cl)c1. The molecule has 18 heavy (non-hydrogen) atoms. The molecule has 0 spiro atoms. The van der Waals surface area contributed by atoms with Crippen molar-refractivity contribution in [1.82, 2.24) is 5.32 Å². The van der Waals surface area contributed by atoms with Crippen molar-refractivity contribution in [2.45, 2.75) is 25.9 Å². The number of anilines is 1. The Kier molecular flexibility index (Phi) is 6.25. The van der Waals surface area contributed by atoms with Gasteiger partial charge in [0.2, 0.25) is 0 Å². The lowest BCUT2D eigenvalue weighted by atomic mass is 10.2. The first-order chi connectivity index (χ1) is 8.51. The molecule has 0 bridgehead atoms. The number of carbonyl (C=O) groups is 1. The standard InChI is InChI=1S/C12H16Cl2N2O2/c1-2-11(17)3-4-15-12(18)16-10-6-8(13)5-9(14)7-10/h5-7,11,17H,2-4H2,1H3,(H2,15,16,18). The summed E-state index contributed by atoms with van der Waals surface area (Å²) in [5.74, 6) is 0. The Morgan fingerprint density at radius 1 is 1.33 bits per heavy atom. The highest BCUT2D eigenvalue weighted by Gasteiger charge is 2.05. The minimum absolute atomic E-state index is 0.350. The second-order valence-corrected chi connectivity index (χ2v) is 4.76. The number of urea groups is 1. The van der Waals surface area contributed by atoms with Crippen molar-refractivity contribution in [1.29, 1.82) is 0 Å². The molecule has 2 amide bonds. The van der Waals surface area contributed by atoms with E-state index in [0.29, 0.717) is 35.1 Å². The van der Waals surface area contributed by atoms with Crippen LogP contribution in [0.3, 0.4) is 0 Å². The maximum Gasteiger partial charge on any atom is 0.319 e. The first-order valence-electron chi connectivity index (χ1n) is 5.70. The van der Waals surface area contributed by atoms with E-state index in [2.05, 4.69) is 10.6 Å². The Hall–Kier alpha value is -0.970. The first kappa shape index (κ1) is 15.1. The highest BCUT2D eigenvalue weighted by molar-refractivity contribution is 6.35. The van der Waals surface area contributed by atoms with Crippen LogP contribution in [0.4, 0.5) is 10.5 Å². The van der Waals surface area contributed by atoms with Crippen LogP contribution in [0.2, 0.25) is 10.0 Å². The molecule has 0 heterocycles. The molecular weight excluding hydrogens is 275 g/mol. The van der Waals surface area contributed by atoms with Crippen LogP contribution in [0.15, 0.2) is 18.2 Å². The summed E-state index contributed by atoms with van der Waals surface area (Å²) in [5.41, 5.74) is 0.529. The molecule has 4 nitrogen and oxygen atoms in total. The molecule has 100 valence electrons. The summed E-state index contributed by atoms with van der Waals surface area (Å²) in [7, 11) is 0. The number of halogens is 2. The molecular formula is C12H16Cl2N2O2. The van der Waals surface area contributed by atoms with Gasteiger partial charge in [-0.3, -0.25) is 0 Å². The van der Waals surface area contributed by atoms with Crippen molar-refractivity contribution in [3.05, 3.63) is 28.2 Å². The van der Waals surface area contributed by atoms with E-state index in [4.69, 9.17) is 23.2 Å². The maximum atomic E-state index is 11.5. The monoisotopic (exact) mass is 290 g/mol. The summed E-state index contributed by atoms with van der Waals surface area (Å²) < 4.78 is 0. The second kappa shape index (κ2) is 7.46. The number of carbonyl (C=O) groups excluding carboxylic acids is 1. The van der Waals surface area contributed by atoms with Crippen LogP contribution >= 0.6 is 23.2 Å². The van der Waals surface area contributed by atoms with Crippen LogP contribution in [0.5, 0.6) is 0 Å². The zero-order valence-electron chi connectivity index (χ0n) is 10.0. The number of nitrogens with one attached hydrogen (secondary N) is 2. The van der Waals surface area contributed by atoms with E-state index in [1.54, 1.807) is 18.2 Å². The van der Waals surface area contributed by atoms with Crippen molar-refractivity contribution in [2.24, 2.45) is 0 Å². The molecule has 1 rings (SSSR count). The third-order valence-electron chi connectivity index (χ3n) is 2.35. The van der Waals surface area contributed by atoms with Gasteiger partial charge in [-0.05, 0) is 31.0 Å². The molecule has 0 radical (unpaired) electrons. The molecule has 0 aliphatic rings. The zero-order chi connectivity index (χ0) is 13.5. The highest BCUT2D eigenvalue weighted by atomic mass is 35.5. The summed E-state index contributed by atoms with van der Waals surface area (Å²) in [5, 5.41) is 15.5. The van der Waals surface area contributed by atoms with Crippen LogP contribution in [-0.4, -0.2) is 23.8 Å². The molecule has 6 heteroatoms. The summed E-state index contributed by atoms with van der Waals surface area (Å²) in [4.78, 5) is 11.5. The van der Waals surface area contributed by atoms with Crippen molar-refractivity contribution in [2.75, 3.05) is 11.9 Å². The number of aliphatic hydroxyl groups is 1.